The van der Waals surface area contributed by atoms with Gasteiger partial charge in [-0.15, -0.1) is 0 Å². The molecule has 0 saturated carbocycles. The van der Waals surface area contributed by atoms with Gasteiger partial charge in [-0.3, -0.25) is 0 Å². The van der Waals surface area contributed by atoms with E-state index in [9.17, 15) is 8.42 Å². The molecule has 0 amide bonds. The standard InChI is InChI=1S/C19H21NO4S/c21-25(22,20-12-18-7-6-16(20)14-24-18)19-10-8-17(9-11-19)23-13-15-4-2-1-3-5-15/h1-5,8-11,16,18H,6-7,12-14H2. The molecular formula is C19H21NO4S. The molecule has 3 fully saturated rings. The summed E-state index contributed by atoms with van der Waals surface area (Å²) in [5.74, 6) is 0.659. The molecule has 0 aliphatic carbocycles. The van der Waals surface area contributed by atoms with E-state index in [-0.39, 0.29) is 12.1 Å². The fraction of sp³-hybridized carbons (Fsp3) is 0.368. The number of fused-ring (bicyclic) bond motifs is 3. The van der Waals surface area contributed by atoms with Gasteiger partial charge in [-0.1, -0.05) is 30.3 Å². The highest BCUT2D eigenvalue weighted by atomic mass is 32.2. The fourth-order valence-corrected chi connectivity index (χ4v) is 5.06. The lowest BCUT2D eigenvalue weighted by molar-refractivity contribution is -0.0754. The highest BCUT2D eigenvalue weighted by Crippen LogP contribution is 2.31. The number of hydrogen-bond acceptors (Lipinski definition) is 4. The number of hydrogen-bond donors (Lipinski definition) is 0. The van der Waals surface area contributed by atoms with Gasteiger partial charge in [-0.05, 0) is 42.7 Å². The Morgan fingerprint density at radius 2 is 1.80 bits per heavy atom. The Balaban J connectivity index is 1.46. The van der Waals surface area contributed by atoms with Crippen molar-refractivity contribution in [3.63, 3.8) is 0 Å². The molecule has 2 atom stereocenters. The average Bonchev–Trinajstić information content (AvgIpc) is 2.68. The zero-order valence-corrected chi connectivity index (χ0v) is 14.7. The highest BCUT2D eigenvalue weighted by molar-refractivity contribution is 7.89. The van der Waals surface area contributed by atoms with Crippen LogP contribution in [0.25, 0.3) is 0 Å². The molecular weight excluding hydrogens is 338 g/mol. The summed E-state index contributed by atoms with van der Waals surface area (Å²) in [6.45, 7) is 1.42. The number of ether oxygens (including phenoxy) is 2. The van der Waals surface area contributed by atoms with Crippen molar-refractivity contribution in [3.8, 4) is 5.75 Å². The minimum absolute atomic E-state index is 0.0354. The SMILES string of the molecule is O=S(=O)(c1ccc(OCc2ccccc2)cc1)N1CC2CCC1CO2. The van der Waals surface area contributed by atoms with E-state index in [0.29, 0.717) is 30.4 Å². The van der Waals surface area contributed by atoms with Gasteiger partial charge >= 0.3 is 0 Å². The maximum atomic E-state index is 12.9. The summed E-state index contributed by atoms with van der Waals surface area (Å²) in [7, 11) is -3.48. The van der Waals surface area contributed by atoms with Gasteiger partial charge in [0.05, 0.1) is 17.6 Å². The van der Waals surface area contributed by atoms with Crippen LogP contribution in [-0.4, -0.2) is 38.0 Å². The lowest BCUT2D eigenvalue weighted by Crippen LogP contribution is -2.56. The minimum Gasteiger partial charge on any atom is -0.489 e. The van der Waals surface area contributed by atoms with Crippen molar-refractivity contribution < 1.29 is 17.9 Å². The third-order valence-electron chi connectivity index (χ3n) is 4.82. The van der Waals surface area contributed by atoms with Crippen molar-refractivity contribution in [1.82, 2.24) is 4.31 Å². The zero-order valence-electron chi connectivity index (χ0n) is 13.9. The predicted molar refractivity (Wildman–Crippen MR) is 93.9 cm³/mol. The Morgan fingerprint density at radius 3 is 2.40 bits per heavy atom. The maximum absolute atomic E-state index is 12.9. The summed E-state index contributed by atoms with van der Waals surface area (Å²) in [5.41, 5.74) is 1.07. The number of rotatable bonds is 5. The van der Waals surface area contributed by atoms with E-state index in [2.05, 4.69) is 0 Å². The molecule has 3 aliphatic heterocycles. The summed E-state index contributed by atoms with van der Waals surface area (Å²) in [5, 5.41) is 0. The lowest BCUT2D eigenvalue weighted by atomic mass is 10.00. The van der Waals surface area contributed by atoms with Crippen LogP contribution >= 0.6 is 0 Å². The predicted octanol–water partition coefficient (Wildman–Crippen LogP) is 2.82. The summed E-state index contributed by atoms with van der Waals surface area (Å²) >= 11 is 0. The van der Waals surface area contributed by atoms with Gasteiger partial charge in [0.25, 0.3) is 0 Å². The monoisotopic (exact) mass is 359 g/mol. The van der Waals surface area contributed by atoms with E-state index in [1.165, 1.54) is 0 Å². The van der Waals surface area contributed by atoms with Crippen molar-refractivity contribution >= 4 is 10.0 Å². The lowest BCUT2D eigenvalue weighted by Gasteiger charge is -2.43. The summed E-state index contributed by atoms with van der Waals surface area (Å²) in [6, 6.07) is 16.5. The van der Waals surface area contributed by atoms with Gasteiger partial charge in [0.1, 0.15) is 12.4 Å². The second-order valence-electron chi connectivity index (χ2n) is 6.51. The van der Waals surface area contributed by atoms with Crippen molar-refractivity contribution in [3.05, 3.63) is 60.2 Å². The molecule has 2 aromatic rings. The molecule has 5 nitrogen and oxygen atoms in total. The first-order valence-corrected chi connectivity index (χ1v) is 9.97. The Bertz CT molecular complexity index is 812. The van der Waals surface area contributed by atoms with E-state index in [1.807, 2.05) is 30.3 Å². The quantitative estimate of drug-likeness (QED) is 0.824. The van der Waals surface area contributed by atoms with Crippen LogP contribution in [0.4, 0.5) is 0 Å². The second kappa shape index (κ2) is 6.78. The Morgan fingerprint density at radius 1 is 1.04 bits per heavy atom. The zero-order chi connectivity index (χ0) is 17.3. The molecule has 25 heavy (non-hydrogen) atoms. The van der Waals surface area contributed by atoms with Crippen LogP contribution in [0.3, 0.4) is 0 Å². The van der Waals surface area contributed by atoms with Gasteiger partial charge in [-0.25, -0.2) is 8.42 Å². The molecule has 3 heterocycles. The Hall–Kier alpha value is -1.89. The van der Waals surface area contributed by atoms with Gasteiger partial charge < -0.3 is 9.47 Å². The summed E-state index contributed by atoms with van der Waals surface area (Å²) < 4.78 is 38.7. The third-order valence-corrected chi connectivity index (χ3v) is 6.75. The molecule has 0 radical (unpaired) electrons. The van der Waals surface area contributed by atoms with Crippen molar-refractivity contribution in [2.75, 3.05) is 13.2 Å². The van der Waals surface area contributed by atoms with Crippen LogP contribution in [0.1, 0.15) is 18.4 Å². The Labute approximate surface area is 148 Å². The van der Waals surface area contributed by atoms with E-state index in [0.717, 1.165) is 18.4 Å². The fourth-order valence-electron chi connectivity index (χ4n) is 3.39. The molecule has 0 N–H and O–H groups in total. The molecule has 2 bridgehead atoms. The number of sulfonamides is 1. The smallest absolute Gasteiger partial charge is 0.243 e. The topological polar surface area (TPSA) is 55.8 Å². The molecule has 0 aromatic heterocycles. The van der Waals surface area contributed by atoms with Crippen molar-refractivity contribution in [2.45, 2.75) is 36.5 Å². The van der Waals surface area contributed by atoms with Crippen LogP contribution in [0.15, 0.2) is 59.5 Å². The average molecular weight is 359 g/mol. The maximum Gasteiger partial charge on any atom is 0.243 e. The molecule has 5 rings (SSSR count). The van der Waals surface area contributed by atoms with Crippen LogP contribution in [0, 0.1) is 0 Å². The van der Waals surface area contributed by atoms with Gasteiger partial charge in [0, 0.05) is 12.6 Å². The van der Waals surface area contributed by atoms with E-state index in [1.54, 1.807) is 28.6 Å². The minimum atomic E-state index is -3.48. The summed E-state index contributed by atoms with van der Waals surface area (Å²) in [6.07, 6.45) is 1.86. The van der Waals surface area contributed by atoms with E-state index < -0.39 is 10.0 Å². The number of benzene rings is 2. The third kappa shape index (κ3) is 3.42. The molecule has 6 heteroatoms. The number of nitrogens with zero attached hydrogens (tertiary/aromatic N) is 1. The van der Waals surface area contributed by atoms with Gasteiger partial charge in [-0.2, -0.15) is 4.31 Å². The molecule has 3 saturated heterocycles. The Kier molecular flexibility index (Phi) is 4.50. The number of morpholine rings is 1. The number of piperidine rings is 1. The first-order chi connectivity index (χ1) is 12.1. The van der Waals surface area contributed by atoms with Crippen LogP contribution < -0.4 is 4.74 Å². The van der Waals surface area contributed by atoms with E-state index in [4.69, 9.17) is 9.47 Å². The van der Waals surface area contributed by atoms with Crippen LogP contribution in [0.2, 0.25) is 0 Å². The second-order valence-corrected chi connectivity index (χ2v) is 8.40. The first kappa shape index (κ1) is 16.6. The highest BCUT2D eigenvalue weighted by Gasteiger charge is 2.41. The van der Waals surface area contributed by atoms with Crippen LogP contribution in [-0.2, 0) is 21.4 Å². The molecule has 0 spiro atoms. The molecule has 132 valence electrons. The molecule has 2 unspecified atom stereocenters. The van der Waals surface area contributed by atoms with Crippen LogP contribution in [0.5, 0.6) is 5.75 Å². The van der Waals surface area contributed by atoms with Gasteiger partial charge in [0.15, 0.2) is 0 Å². The molecule has 3 aliphatic rings. The normalized spacial score (nSPS) is 23.5. The van der Waals surface area contributed by atoms with Crippen molar-refractivity contribution in [1.29, 1.82) is 0 Å². The first-order valence-electron chi connectivity index (χ1n) is 8.53. The summed E-state index contributed by atoms with van der Waals surface area (Å²) in [4.78, 5) is 0.312. The largest absolute Gasteiger partial charge is 0.489 e. The van der Waals surface area contributed by atoms with E-state index >= 15 is 0 Å². The molecule has 2 aromatic carbocycles. The van der Waals surface area contributed by atoms with Crippen molar-refractivity contribution in [2.24, 2.45) is 0 Å². The van der Waals surface area contributed by atoms with Gasteiger partial charge in [0.2, 0.25) is 10.0 Å².